The molecule has 1 heterocycles. The van der Waals surface area contributed by atoms with Crippen LogP contribution in [0.25, 0.3) is 11.3 Å². The van der Waals surface area contributed by atoms with Crippen molar-refractivity contribution >= 4 is 0 Å². The largest absolute Gasteiger partial charge is 0.308 e. The maximum Gasteiger partial charge on any atom is 0.0924 e. The monoisotopic (exact) mass is 213 g/mol. The highest BCUT2D eigenvalue weighted by atomic mass is 15.1. The van der Waals surface area contributed by atoms with E-state index in [0.29, 0.717) is 0 Å². The number of nitrogens with zero attached hydrogens (tertiary/aromatic N) is 1. The maximum absolute atomic E-state index is 4.32. The Morgan fingerprint density at radius 2 is 2.06 bits per heavy atom. The zero-order valence-electron chi connectivity index (χ0n) is 9.11. The molecule has 0 unspecified atom stereocenters. The fourth-order valence-corrected chi connectivity index (χ4v) is 1.75. The molecule has 2 aromatic rings. The van der Waals surface area contributed by atoms with E-state index < -0.39 is 0 Å². The first-order chi connectivity index (χ1) is 7.92. The van der Waals surface area contributed by atoms with Gasteiger partial charge < -0.3 is 5.32 Å². The summed E-state index contributed by atoms with van der Waals surface area (Å²) in [6, 6.07) is 13.1. The minimum absolute atomic E-state index is 0.739. The van der Waals surface area contributed by atoms with Crippen molar-refractivity contribution in [2.75, 3.05) is 0 Å². The molecule has 0 aliphatic heterocycles. The van der Waals surface area contributed by atoms with Gasteiger partial charge in [0.1, 0.15) is 0 Å². The predicted molar refractivity (Wildman–Crippen MR) is 63.9 cm³/mol. The normalized spacial score (nSPS) is 15.2. The van der Waals surface area contributed by atoms with Crippen LogP contribution < -0.4 is 5.32 Å². The van der Waals surface area contributed by atoms with E-state index in [1.54, 1.807) is 0 Å². The molecule has 2 N–H and O–H groups in total. The number of H-pyrrole nitrogens is 1. The first-order valence-electron chi connectivity index (χ1n) is 5.75. The molecule has 0 bridgehead atoms. The molecule has 1 aromatic heterocycles. The van der Waals surface area contributed by atoms with Gasteiger partial charge >= 0.3 is 0 Å². The fourth-order valence-electron chi connectivity index (χ4n) is 1.75. The molecule has 1 aliphatic rings. The van der Waals surface area contributed by atoms with E-state index in [1.807, 2.05) is 18.2 Å². The van der Waals surface area contributed by atoms with E-state index in [9.17, 15) is 0 Å². The van der Waals surface area contributed by atoms with E-state index in [0.717, 1.165) is 29.5 Å². The van der Waals surface area contributed by atoms with Gasteiger partial charge in [-0.15, -0.1) is 0 Å². The van der Waals surface area contributed by atoms with E-state index >= 15 is 0 Å². The lowest BCUT2D eigenvalue weighted by Gasteiger charge is -1.97. The lowest BCUT2D eigenvalue weighted by atomic mass is 10.1. The lowest BCUT2D eigenvalue weighted by Crippen LogP contribution is -2.15. The second-order valence-corrected chi connectivity index (χ2v) is 4.30. The minimum atomic E-state index is 0.739. The van der Waals surface area contributed by atoms with Crippen molar-refractivity contribution in [2.45, 2.75) is 25.4 Å². The topological polar surface area (TPSA) is 40.7 Å². The van der Waals surface area contributed by atoms with Gasteiger partial charge in [-0.2, -0.15) is 5.10 Å². The number of aromatic amines is 1. The molecular weight excluding hydrogens is 198 g/mol. The van der Waals surface area contributed by atoms with Gasteiger partial charge in [0, 0.05) is 23.8 Å². The number of hydrogen-bond donors (Lipinski definition) is 2. The second kappa shape index (κ2) is 4.10. The Bertz CT molecular complexity index is 457. The third kappa shape index (κ3) is 2.14. The number of rotatable bonds is 4. The second-order valence-electron chi connectivity index (χ2n) is 4.30. The number of hydrogen-bond acceptors (Lipinski definition) is 2. The Morgan fingerprint density at radius 3 is 2.81 bits per heavy atom. The molecule has 1 aliphatic carbocycles. The van der Waals surface area contributed by atoms with Crippen LogP contribution in [0.15, 0.2) is 36.4 Å². The van der Waals surface area contributed by atoms with Crippen LogP contribution in [0.3, 0.4) is 0 Å². The smallest absolute Gasteiger partial charge is 0.0924 e. The Morgan fingerprint density at radius 1 is 1.25 bits per heavy atom. The lowest BCUT2D eigenvalue weighted by molar-refractivity contribution is 0.672. The Hall–Kier alpha value is -1.61. The average molecular weight is 213 g/mol. The van der Waals surface area contributed by atoms with Gasteiger partial charge in [0.05, 0.1) is 5.69 Å². The average Bonchev–Trinajstić information content (AvgIpc) is 3.05. The van der Waals surface area contributed by atoms with Crippen LogP contribution in [-0.4, -0.2) is 16.2 Å². The van der Waals surface area contributed by atoms with E-state index in [1.165, 1.54) is 12.8 Å². The summed E-state index contributed by atoms with van der Waals surface area (Å²) in [7, 11) is 0. The molecule has 3 nitrogen and oxygen atoms in total. The number of nitrogens with one attached hydrogen (secondary N) is 2. The molecule has 1 fully saturated rings. The zero-order valence-corrected chi connectivity index (χ0v) is 9.11. The summed E-state index contributed by atoms with van der Waals surface area (Å²) in [5.74, 6) is 0. The summed E-state index contributed by atoms with van der Waals surface area (Å²) >= 11 is 0. The number of benzene rings is 1. The summed E-state index contributed by atoms with van der Waals surface area (Å²) < 4.78 is 0. The molecule has 1 saturated carbocycles. The number of aromatic nitrogens is 2. The van der Waals surface area contributed by atoms with Crippen molar-refractivity contribution in [3.63, 3.8) is 0 Å². The van der Waals surface area contributed by atoms with Gasteiger partial charge in [0.15, 0.2) is 0 Å². The Balaban J connectivity index is 1.71. The van der Waals surface area contributed by atoms with Crippen LogP contribution in [-0.2, 0) is 6.54 Å². The van der Waals surface area contributed by atoms with Gasteiger partial charge in [-0.25, -0.2) is 0 Å². The fraction of sp³-hybridized carbons (Fsp3) is 0.308. The zero-order chi connectivity index (χ0) is 10.8. The van der Waals surface area contributed by atoms with Crippen molar-refractivity contribution in [2.24, 2.45) is 0 Å². The van der Waals surface area contributed by atoms with Crippen LogP contribution in [0.5, 0.6) is 0 Å². The van der Waals surface area contributed by atoms with Gasteiger partial charge in [0.25, 0.3) is 0 Å². The molecule has 0 amide bonds. The predicted octanol–water partition coefficient (Wildman–Crippen LogP) is 2.33. The van der Waals surface area contributed by atoms with Gasteiger partial charge in [-0.1, -0.05) is 30.3 Å². The van der Waals surface area contributed by atoms with Gasteiger partial charge in [-0.05, 0) is 18.9 Å². The molecule has 3 heteroatoms. The third-order valence-corrected chi connectivity index (χ3v) is 2.86. The van der Waals surface area contributed by atoms with Crippen molar-refractivity contribution < 1.29 is 0 Å². The quantitative estimate of drug-likeness (QED) is 0.818. The molecular formula is C13H15N3. The first-order valence-corrected chi connectivity index (χ1v) is 5.75. The first kappa shape index (κ1) is 9.60. The summed E-state index contributed by atoms with van der Waals surface area (Å²) in [6.45, 7) is 0.893. The van der Waals surface area contributed by atoms with Crippen molar-refractivity contribution in [3.8, 4) is 11.3 Å². The van der Waals surface area contributed by atoms with Crippen LogP contribution in [0.1, 0.15) is 18.5 Å². The summed E-state index contributed by atoms with van der Waals surface area (Å²) in [6.07, 6.45) is 2.64. The van der Waals surface area contributed by atoms with Crippen LogP contribution in [0, 0.1) is 0 Å². The van der Waals surface area contributed by atoms with Crippen molar-refractivity contribution in [3.05, 3.63) is 42.1 Å². The summed E-state index contributed by atoms with van der Waals surface area (Å²) in [5, 5.41) is 10.9. The summed E-state index contributed by atoms with van der Waals surface area (Å²) in [5.41, 5.74) is 3.34. The SMILES string of the molecule is c1ccc(-c2cc(CNC3CC3)[nH]n2)cc1. The minimum Gasteiger partial charge on any atom is -0.308 e. The molecule has 0 spiro atoms. The molecule has 16 heavy (non-hydrogen) atoms. The van der Waals surface area contributed by atoms with Crippen LogP contribution in [0.2, 0.25) is 0 Å². The molecule has 0 atom stereocenters. The van der Waals surface area contributed by atoms with Crippen LogP contribution >= 0.6 is 0 Å². The maximum atomic E-state index is 4.32. The molecule has 82 valence electrons. The van der Waals surface area contributed by atoms with E-state index in [4.69, 9.17) is 0 Å². The third-order valence-electron chi connectivity index (χ3n) is 2.86. The highest BCUT2D eigenvalue weighted by Gasteiger charge is 2.20. The highest BCUT2D eigenvalue weighted by molar-refractivity contribution is 5.58. The molecule has 1 aromatic carbocycles. The van der Waals surface area contributed by atoms with Crippen LogP contribution in [0.4, 0.5) is 0 Å². The molecule has 0 saturated heterocycles. The summed E-state index contributed by atoms with van der Waals surface area (Å²) in [4.78, 5) is 0. The molecule has 0 radical (unpaired) electrons. The van der Waals surface area contributed by atoms with Gasteiger partial charge in [-0.3, -0.25) is 5.10 Å². The van der Waals surface area contributed by atoms with Crippen molar-refractivity contribution in [1.29, 1.82) is 0 Å². The Labute approximate surface area is 94.9 Å². The van der Waals surface area contributed by atoms with E-state index in [-0.39, 0.29) is 0 Å². The van der Waals surface area contributed by atoms with E-state index in [2.05, 4.69) is 33.7 Å². The Kier molecular flexibility index (Phi) is 2.46. The standard InChI is InChI=1S/C13H15N3/c1-2-4-10(5-3-1)13-8-12(15-16-13)9-14-11-6-7-11/h1-5,8,11,14H,6-7,9H2,(H,15,16). The van der Waals surface area contributed by atoms with Gasteiger partial charge in [0.2, 0.25) is 0 Å². The molecule has 3 rings (SSSR count). The van der Waals surface area contributed by atoms with Crippen molar-refractivity contribution in [1.82, 2.24) is 15.5 Å². The highest BCUT2D eigenvalue weighted by Crippen LogP contribution is 2.20.